The largest absolute Gasteiger partial charge is 0.372 e. The van der Waals surface area contributed by atoms with E-state index in [1.54, 1.807) is 11.8 Å². The first kappa shape index (κ1) is 21.3. The molecule has 156 valence electrons. The monoisotopic (exact) mass is 416 g/mol. The SMILES string of the molecule is Cc1cc(C)c(NC(=O)c2sc(NC(=O)N3CC(C)OC(C)C3)nc2C)c(C)c1. The van der Waals surface area contributed by atoms with E-state index in [2.05, 4.69) is 15.6 Å². The van der Waals surface area contributed by atoms with Crippen molar-refractivity contribution in [3.63, 3.8) is 0 Å². The first-order chi connectivity index (χ1) is 13.6. The van der Waals surface area contributed by atoms with Crippen LogP contribution in [0.3, 0.4) is 0 Å². The van der Waals surface area contributed by atoms with Gasteiger partial charge in [0.15, 0.2) is 5.13 Å². The lowest BCUT2D eigenvalue weighted by atomic mass is 10.1. The summed E-state index contributed by atoms with van der Waals surface area (Å²) in [5, 5.41) is 6.24. The van der Waals surface area contributed by atoms with Gasteiger partial charge < -0.3 is 15.0 Å². The Bertz CT molecular complexity index is 907. The average Bonchev–Trinajstić information content (AvgIpc) is 2.97. The van der Waals surface area contributed by atoms with Crippen LogP contribution in [0.1, 0.15) is 45.9 Å². The van der Waals surface area contributed by atoms with E-state index in [0.717, 1.165) is 22.4 Å². The van der Waals surface area contributed by atoms with Crippen LogP contribution in [0.4, 0.5) is 15.6 Å². The van der Waals surface area contributed by atoms with Crippen LogP contribution >= 0.6 is 11.3 Å². The molecule has 0 spiro atoms. The number of hydrogen-bond acceptors (Lipinski definition) is 5. The lowest BCUT2D eigenvalue weighted by molar-refractivity contribution is -0.0530. The number of hydrogen-bond donors (Lipinski definition) is 2. The minimum absolute atomic E-state index is 0.00939. The summed E-state index contributed by atoms with van der Waals surface area (Å²) in [6.07, 6.45) is -0.0188. The van der Waals surface area contributed by atoms with E-state index in [9.17, 15) is 9.59 Å². The van der Waals surface area contributed by atoms with Crippen molar-refractivity contribution >= 4 is 34.1 Å². The number of aryl methyl sites for hydroxylation is 4. The molecule has 1 aromatic carbocycles. The smallest absolute Gasteiger partial charge is 0.323 e. The molecule has 3 rings (SSSR count). The second-order valence-corrected chi connectivity index (χ2v) is 8.75. The number of rotatable bonds is 3. The maximum Gasteiger partial charge on any atom is 0.323 e. The standard InChI is InChI=1S/C21H28N4O3S/c1-11-7-12(2)17(13(3)8-11)23-19(26)18-16(6)22-20(29-18)24-21(27)25-9-14(4)28-15(5)10-25/h7-8,14-15H,9-10H2,1-6H3,(H,23,26)(H,22,24,27). The van der Waals surface area contributed by atoms with Crippen molar-refractivity contribution in [2.45, 2.75) is 53.8 Å². The summed E-state index contributed by atoms with van der Waals surface area (Å²) in [5.41, 5.74) is 4.59. The van der Waals surface area contributed by atoms with Crippen LogP contribution < -0.4 is 10.6 Å². The van der Waals surface area contributed by atoms with Crippen molar-refractivity contribution in [3.05, 3.63) is 39.4 Å². The molecule has 2 N–H and O–H groups in total. The van der Waals surface area contributed by atoms with Gasteiger partial charge in [0.1, 0.15) is 4.88 Å². The normalized spacial score (nSPS) is 19.2. The molecule has 3 amide bonds. The second kappa shape index (κ2) is 8.51. The van der Waals surface area contributed by atoms with Gasteiger partial charge in [-0.3, -0.25) is 10.1 Å². The molecule has 2 atom stereocenters. The molecule has 0 radical (unpaired) electrons. The molecule has 0 saturated carbocycles. The Morgan fingerprint density at radius 2 is 1.66 bits per heavy atom. The molecule has 1 saturated heterocycles. The molecule has 1 aliphatic rings. The van der Waals surface area contributed by atoms with Crippen molar-refractivity contribution in [2.24, 2.45) is 0 Å². The van der Waals surface area contributed by atoms with E-state index < -0.39 is 0 Å². The Balaban J connectivity index is 1.71. The van der Waals surface area contributed by atoms with Gasteiger partial charge in [-0.05, 0) is 52.7 Å². The van der Waals surface area contributed by atoms with Gasteiger partial charge in [-0.2, -0.15) is 0 Å². The number of carbonyl (C=O) groups is 2. The molecule has 29 heavy (non-hydrogen) atoms. The van der Waals surface area contributed by atoms with Crippen LogP contribution in [-0.2, 0) is 4.74 Å². The predicted octanol–water partition coefficient (Wildman–Crippen LogP) is 4.27. The van der Waals surface area contributed by atoms with Crippen molar-refractivity contribution in [2.75, 3.05) is 23.7 Å². The van der Waals surface area contributed by atoms with Crippen molar-refractivity contribution < 1.29 is 14.3 Å². The summed E-state index contributed by atoms with van der Waals surface area (Å²) >= 11 is 1.18. The van der Waals surface area contributed by atoms with Gasteiger partial charge in [0.25, 0.3) is 5.91 Å². The van der Waals surface area contributed by atoms with Gasteiger partial charge in [-0.25, -0.2) is 9.78 Å². The van der Waals surface area contributed by atoms with Gasteiger partial charge in [0.05, 0.1) is 17.9 Å². The van der Waals surface area contributed by atoms with E-state index in [0.29, 0.717) is 28.8 Å². The molecule has 2 aromatic rings. The van der Waals surface area contributed by atoms with Crippen LogP contribution in [0.5, 0.6) is 0 Å². The van der Waals surface area contributed by atoms with E-state index in [1.165, 1.54) is 11.3 Å². The Hall–Kier alpha value is -2.45. The average molecular weight is 417 g/mol. The number of urea groups is 1. The molecule has 0 bridgehead atoms. The van der Waals surface area contributed by atoms with E-state index >= 15 is 0 Å². The molecule has 7 nitrogen and oxygen atoms in total. The quantitative estimate of drug-likeness (QED) is 0.783. The number of amides is 3. The highest BCUT2D eigenvalue weighted by Gasteiger charge is 2.27. The third kappa shape index (κ3) is 4.94. The summed E-state index contributed by atoms with van der Waals surface area (Å²) in [7, 11) is 0. The Labute approximate surface area is 175 Å². The third-order valence-corrected chi connectivity index (χ3v) is 5.91. The summed E-state index contributed by atoms with van der Waals surface area (Å²) in [6.45, 7) is 12.7. The number of morpholine rings is 1. The molecular formula is C21H28N4O3S. The first-order valence-corrected chi connectivity index (χ1v) is 10.5. The highest BCUT2D eigenvalue weighted by Crippen LogP contribution is 2.27. The van der Waals surface area contributed by atoms with Crippen molar-refractivity contribution in [1.29, 1.82) is 0 Å². The summed E-state index contributed by atoms with van der Waals surface area (Å²) in [5.74, 6) is -0.218. The lowest BCUT2D eigenvalue weighted by Gasteiger charge is -2.34. The van der Waals surface area contributed by atoms with Crippen LogP contribution in [0.2, 0.25) is 0 Å². The van der Waals surface area contributed by atoms with Crippen molar-refractivity contribution in [3.8, 4) is 0 Å². The molecule has 1 aromatic heterocycles. The third-order valence-electron chi connectivity index (χ3n) is 4.84. The molecule has 8 heteroatoms. The fourth-order valence-electron chi connectivity index (χ4n) is 3.72. The molecular weight excluding hydrogens is 388 g/mol. The van der Waals surface area contributed by atoms with Gasteiger partial charge in [-0.15, -0.1) is 0 Å². The summed E-state index contributed by atoms with van der Waals surface area (Å²) in [6, 6.07) is 3.86. The molecule has 2 heterocycles. The zero-order valence-corrected chi connectivity index (χ0v) is 18.6. The fourth-order valence-corrected chi connectivity index (χ4v) is 4.57. The maximum atomic E-state index is 12.8. The number of aromatic nitrogens is 1. The summed E-state index contributed by atoms with van der Waals surface area (Å²) in [4.78, 5) is 32.0. The van der Waals surface area contributed by atoms with E-state index in [1.807, 2.05) is 46.8 Å². The predicted molar refractivity (Wildman–Crippen MR) is 116 cm³/mol. The first-order valence-electron chi connectivity index (χ1n) is 9.72. The zero-order valence-electron chi connectivity index (χ0n) is 17.8. The number of nitrogens with zero attached hydrogens (tertiary/aromatic N) is 2. The van der Waals surface area contributed by atoms with Crippen LogP contribution in [0.25, 0.3) is 0 Å². The van der Waals surface area contributed by atoms with Gasteiger partial charge in [0, 0.05) is 18.8 Å². The number of carbonyl (C=O) groups excluding carboxylic acids is 2. The summed E-state index contributed by atoms with van der Waals surface area (Å²) < 4.78 is 5.67. The van der Waals surface area contributed by atoms with Crippen LogP contribution in [0, 0.1) is 27.7 Å². The van der Waals surface area contributed by atoms with Gasteiger partial charge in [-0.1, -0.05) is 29.0 Å². The lowest BCUT2D eigenvalue weighted by Crippen LogP contribution is -2.49. The number of ether oxygens (including phenoxy) is 1. The fraction of sp³-hybridized carbons (Fsp3) is 0.476. The highest BCUT2D eigenvalue weighted by atomic mass is 32.1. The van der Waals surface area contributed by atoms with Crippen LogP contribution in [0.15, 0.2) is 12.1 Å². The number of anilines is 2. The zero-order chi connectivity index (χ0) is 21.3. The Morgan fingerprint density at radius 1 is 1.07 bits per heavy atom. The molecule has 1 aliphatic heterocycles. The maximum absolute atomic E-state index is 12.8. The number of nitrogens with one attached hydrogen (secondary N) is 2. The topological polar surface area (TPSA) is 83.6 Å². The van der Waals surface area contributed by atoms with Gasteiger partial charge >= 0.3 is 6.03 Å². The van der Waals surface area contributed by atoms with E-state index in [4.69, 9.17) is 4.74 Å². The van der Waals surface area contributed by atoms with Gasteiger partial charge in [0.2, 0.25) is 0 Å². The van der Waals surface area contributed by atoms with Crippen LogP contribution in [-0.4, -0.2) is 47.1 Å². The van der Waals surface area contributed by atoms with Crippen molar-refractivity contribution in [1.82, 2.24) is 9.88 Å². The molecule has 1 fully saturated rings. The second-order valence-electron chi connectivity index (χ2n) is 7.75. The molecule has 2 unspecified atom stereocenters. The Kier molecular flexibility index (Phi) is 6.24. The number of thiazole rings is 1. The number of benzene rings is 1. The molecule has 0 aliphatic carbocycles. The minimum Gasteiger partial charge on any atom is -0.372 e. The minimum atomic E-state index is -0.224. The van der Waals surface area contributed by atoms with E-state index in [-0.39, 0.29) is 24.1 Å². The highest BCUT2D eigenvalue weighted by molar-refractivity contribution is 7.17. The Morgan fingerprint density at radius 3 is 2.24 bits per heavy atom.